The number of halogens is 2. The standard InChI is InChI=1S/C14H12I2/c1-9-3-5-11(13(15)7-9)12-6-4-10(2)8-14(12)16/h3-8H,1-2H3. The van der Waals surface area contributed by atoms with Crippen LogP contribution < -0.4 is 0 Å². The SMILES string of the molecule is Cc1ccc(-c2ccc(C)cc2I)c(I)c1. The van der Waals surface area contributed by atoms with Crippen LogP contribution in [-0.4, -0.2) is 0 Å². The summed E-state index contributed by atoms with van der Waals surface area (Å²) in [5.41, 5.74) is 5.29. The first kappa shape index (κ1) is 12.4. The fraction of sp³-hybridized carbons (Fsp3) is 0.143. The highest BCUT2D eigenvalue weighted by Crippen LogP contribution is 2.30. The van der Waals surface area contributed by atoms with Gasteiger partial charge in [-0.3, -0.25) is 0 Å². The van der Waals surface area contributed by atoms with E-state index in [2.05, 4.69) is 95.4 Å². The lowest BCUT2D eigenvalue weighted by Gasteiger charge is -2.09. The van der Waals surface area contributed by atoms with Gasteiger partial charge in [0.05, 0.1) is 0 Å². The van der Waals surface area contributed by atoms with E-state index in [4.69, 9.17) is 0 Å². The van der Waals surface area contributed by atoms with Gasteiger partial charge in [0.1, 0.15) is 0 Å². The van der Waals surface area contributed by atoms with E-state index < -0.39 is 0 Å². The average Bonchev–Trinajstić information content (AvgIpc) is 2.19. The molecular formula is C14H12I2. The lowest BCUT2D eigenvalue weighted by molar-refractivity contribution is 1.41. The van der Waals surface area contributed by atoms with Crippen LogP contribution in [0.2, 0.25) is 0 Å². The molecule has 0 nitrogen and oxygen atoms in total. The molecule has 0 unspecified atom stereocenters. The summed E-state index contributed by atoms with van der Waals surface area (Å²) < 4.78 is 2.64. The van der Waals surface area contributed by atoms with Crippen molar-refractivity contribution in [2.45, 2.75) is 13.8 Å². The molecule has 2 aromatic carbocycles. The molecule has 0 aromatic heterocycles. The number of hydrogen-bond donors (Lipinski definition) is 0. The Hall–Kier alpha value is -0.1000. The highest BCUT2D eigenvalue weighted by atomic mass is 127. The molecule has 0 bridgehead atoms. The fourth-order valence-corrected chi connectivity index (χ4v) is 3.60. The Balaban J connectivity index is 2.59. The van der Waals surface area contributed by atoms with Crippen LogP contribution in [0.3, 0.4) is 0 Å². The van der Waals surface area contributed by atoms with Gasteiger partial charge in [-0.1, -0.05) is 35.4 Å². The minimum Gasteiger partial charge on any atom is -0.0586 e. The fourth-order valence-electron chi connectivity index (χ4n) is 1.68. The molecule has 0 N–H and O–H groups in total. The normalized spacial score (nSPS) is 10.5. The Bertz CT molecular complexity index is 481. The summed E-state index contributed by atoms with van der Waals surface area (Å²) in [6.07, 6.45) is 0. The van der Waals surface area contributed by atoms with Gasteiger partial charge < -0.3 is 0 Å². The van der Waals surface area contributed by atoms with Crippen LogP contribution in [0.25, 0.3) is 11.1 Å². The first-order valence-electron chi connectivity index (χ1n) is 5.10. The number of rotatable bonds is 1. The predicted molar refractivity (Wildman–Crippen MR) is 86.8 cm³/mol. The van der Waals surface area contributed by atoms with Crippen LogP contribution in [0.15, 0.2) is 36.4 Å². The maximum Gasteiger partial charge on any atom is 0.0211 e. The Morgan fingerprint density at radius 3 is 1.38 bits per heavy atom. The van der Waals surface area contributed by atoms with E-state index in [1.165, 1.54) is 29.4 Å². The first-order valence-corrected chi connectivity index (χ1v) is 7.26. The number of benzene rings is 2. The third-order valence-corrected chi connectivity index (χ3v) is 4.32. The molecule has 2 aromatic rings. The second kappa shape index (κ2) is 5.04. The molecular weight excluding hydrogens is 422 g/mol. The van der Waals surface area contributed by atoms with Gasteiger partial charge in [0.15, 0.2) is 0 Å². The Morgan fingerprint density at radius 2 is 1.06 bits per heavy atom. The maximum atomic E-state index is 2.41. The van der Waals surface area contributed by atoms with Crippen molar-refractivity contribution < 1.29 is 0 Å². The van der Waals surface area contributed by atoms with Crippen LogP contribution in [0.1, 0.15) is 11.1 Å². The topological polar surface area (TPSA) is 0 Å². The van der Waals surface area contributed by atoms with E-state index >= 15 is 0 Å². The third-order valence-electron chi connectivity index (χ3n) is 2.54. The second-order valence-electron chi connectivity index (χ2n) is 3.97. The summed E-state index contributed by atoms with van der Waals surface area (Å²) in [5, 5.41) is 0. The molecule has 16 heavy (non-hydrogen) atoms. The van der Waals surface area contributed by atoms with Crippen LogP contribution in [-0.2, 0) is 0 Å². The molecule has 0 aliphatic heterocycles. The van der Waals surface area contributed by atoms with Crippen molar-refractivity contribution in [3.63, 3.8) is 0 Å². The average molecular weight is 434 g/mol. The van der Waals surface area contributed by atoms with Crippen LogP contribution >= 0.6 is 45.2 Å². The van der Waals surface area contributed by atoms with Gasteiger partial charge in [0.2, 0.25) is 0 Å². The van der Waals surface area contributed by atoms with Gasteiger partial charge in [-0.05, 0) is 82.3 Å². The first-order chi connectivity index (χ1) is 7.58. The van der Waals surface area contributed by atoms with Crippen molar-refractivity contribution in [2.75, 3.05) is 0 Å². The molecule has 0 radical (unpaired) electrons. The smallest absolute Gasteiger partial charge is 0.0211 e. The van der Waals surface area contributed by atoms with Crippen molar-refractivity contribution in [1.29, 1.82) is 0 Å². The van der Waals surface area contributed by atoms with Gasteiger partial charge in [-0.15, -0.1) is 0 Å². The molecule has 0 aliphatic rings. The molecule has 2 heteroatoms. The van der Waals surface area contributed by atoms with Gasteiger partial charge in [-0.25, -0.2) is 0 Å². The summed E-state index contributed by atoms with van der Waals surface area (Å²) in [6, 6.07) is 13.2. The van der Waals surface area contributed by atoms with Gasteiger partial charge >= 0.3 is 0 Å². The van der Waals surface area contributed by atoms with Gasteiger partial charge in [0.25, 0.3) is 0 Å². The molecule has 0 saturated carbocycles. The van der Waals surface area contributed by atoms with E-state index in [9.17, 15) is 0 Å². The number of hydrogen-bond acceptors (Lipinski definition) is 0. The van der Waals surface area contributed by atoms with E-state index in [1.54, 1.807) is 0 Å². The molecule has 0 fully saturated rings. The van der Waals surface area contributed by atoms with Gasteiger partial charge in [0, 0.05) is 7.14 Å². The highest BCUT2D eigenvalue weighted by molar-refractivity contribution is 14.1. The Kier molecular flexibility index (Phi) is 3.89. The maximum absolute atomic E-state index is 2.41. The monoisotopic (exact) mass is 434 g/mol. The van der Waals surface area contributed by atoms with E-state index in [-0.39, 0.29) is 0 Å². The lowest BCUT2D eigenvalue weighted by Crippen LogP contribution is -1.88. The largest absolute Gasteiger partial charge is 0.0586 e. The summed E-state index contributed by atoms with van der Waals surface area (Å²) in [6.45, 7) is 4.26. The molecule has 0 atom stereocenters. The molecule has 0 amide bonds. The second-order valence-corrected chi connectivity index (χ2v) is 6.29. The van der Waals surface area contributed by atoms with Gasteiger partial charge in [-0.2, -0.15) is 0 Å². The quantitative estimate of drug-likeness (QED) is 0.543. The van der Waals surface area contributed by atoms with Crippen LogP contribution in [0.4, 0.5) is 0 Å². The van der Waals surface area contributed by atoms with Crippen molar-refractivity contribution in [3.05, 3.63) is 54.7 Å². The van der Waals surface area contributed by atoms with E-state index in [0.29, 0.717) is 0 Å². The highest BCUT2D eigenvalue weighted by Gasteiger charge is 2.06. The zero-order valence-corrected chi connectivity index (χ0v) is 13.5. The minimum absolute atomic E-state index is 1.32. The van der Waals surface area contributed by atoms with Crippen LogP contribution in [0, 0.1) is 21.0 Å². The molecule has 82 valence electrons. The van der Waals surface area contributed by atoms with E-state index in [1.807, 2.05) is 0 Å². The van der Waals surface area contributed by atoms with E-state index in [0.717, 1.165) is 0 Å². The van der Waals surface area contributed by atoms with Crippen molar-refractivity contribution in [3.8, 4) is 11.1 Å². The zero-order valence-electron chi connectivity index (χ0n) is 9.22. The summed E-state index contributed by atoms with van der Waals surface area (Å²) in [5.74, 6) is 0. The van der Waals surface area contributed by atoms with Crippen molar-refractivity contribution in [2.24, 2.45) is 0 Å². The summed E-state index contributed by atoms with van der Waals surface area (Å²) in [7, 11) is 0. The molecule has 0 aliphatic carbocycles. The Labute approximate surface area is 124 Å². The lowest BCUT2D eigenvalue weighted by atomic mass is 10.0. The van der Waals surface area contributed by atoms with Crippen molar-refractivity contribution in [1.82, 2.24) is 0 Å². The molecule has 0 spiro atoms. The minimum atomic E-state index is 1.32. The Morgan fingerprint density at radius 1 is 0.688 bits per heavy atom. The third kappa shape index (κ3) is 2.59. The predicted octanol–water partition coefficient (Wildman–Crippen LogP) is 5.18. The summed E-state index contributed by atoms with van der Waals surface area (Å²) >= 11 is 4.82. The van der Waals surface area contributed by atoms with Crippen molar-refractivity contribution >= 4 is 45.2 Å². The van der Waals surface area contributed by atoms with Crippen LogP contribution in [0.5, 0.6) is 0 Å². The number of aryl methyl sites for hydroxylation is 2. The zero-order chi connectivity index (χ0) is 11.7. The molecule has 2 rings (SSSR count). The summed E-state index contributed by atoms with van der Waals surface area (Å²) in [4.78, 5) is 0. The molecule has 0 saturated heterocycles. The molecule has 0 heterocycles.